The third kappa shape index (κ3) is 42.7. The van der Waals surface area contributed by atoms with Crippen LogP contribution in [0.1, 0.15) is 181 Å². The summed E-state index contributed by atoms with van der Waals surface area (Å²) in [6, 6.07) is 0. The zero-order valence-electron chi connectivity index (χ0n) is 36.2. The number of hydrogen-bond acceptors (Lipinski definition) is 7. The largest absolute Gasteiger partial charge is 0.472 e. The van der Waals surface area contributed by atoms with Crippen molar-refractivity contribution in [2.75, 3.05) is 20.3 Å². The third-order valence-corrected chi connectivity index (χ3v) is 10.1. The van der Waals surface area contributed by atoms with Crippen molar-refractivity contribution in [3.63, 3.8) is 0 Å². The number of phosphoric ester groups is 1. The smallest absolute Gasteiger partial charge is 0.462 e. The van der Waals surface area contributed by atoms with Crippen molar-refractivity contribution in [1.29, 1.82) is 0 Å². The van der Waals surface area contributed by atoms with Crippen LogP contribution in [0.2, 0.25) is 0 Å². The van der Waals surface area contributed by atoms with Crippen LogP contribution in [-0.2, 0) is 32.7 Å². The van der Waals surface area contributed by atoms with Gasteiger partial charge in [-0.25, -0.2) is 4.57 Å². The molecule has 9 heteroatoms. The molecule has 0 bridgehead atoms. The van der Waals surface area contributed by atoms with E-state index < -0.39 is 26.5 Å². The molecule has 0 amide bonds. The highest BCUT2D eigenvalue weighted by Gasteiger charge is 2.24. The number of allylic oxidation sites excluding steroid dienone is 14. The van der Waals surface area contributed by atoms with Crippen LogP contribution in [0.5, 0.6) is 0 Å². The van der Waals surface area contributed by atoms with Crippen molar-refractivity contribution in [3.8, 4) is 0 Å². The molecule has 0 heterocycles. The number of rotatable bonds is 40. The van der Waals surface area contributed by atoms with E-state index in [2.05, 4.69) is 103 Å². The zero-order valence-corrected chi connectivity index (χ0v) is 37.1. The first-order valence-electron chi connectivity index (χ1n) is 22.3. The quantitative estimate of drug-likeness (QED) is 0.0282. The molecular weight excluding hydrogens is 735 g/mol. The molecule has 0 rings (SSSR count). The van der Waals surface area contributed by atoms with Crippen LogP contribution in [0.3, 0.4) is 0 Å². The lowest BCUT2D eigenvalue weighted by atomic mass is 10.1. The lowest BCUT2D eigenvalue weighted by Gasteiger charge is -2.19. The standard InChI is InChI=1S/C48H81O8P/c1-4-6-8-10-12-14-16-18-20-22-23-24-25-27-29-31-33-35-37-39-41-43-48(50)56-46(45-55-57(51,52)53-3)44-54-47(49)42-40-38-36-34-32-30-28-26-21-19-17-15-13-11-9-7-5-2/h6-9,12-15,18-21,23-24,46H,4-5,10-11,16-17,22,25-45H2,1-3H3,(H,51,52)/b8-6-,9-7-,14-12-,15-13-,20-18-,21-19-,24-23-. The maximum Gasteiger partial charge on any atom is 0.472 e. The van der Waals surface area contributed by atoms with Gasteiger partial charge in [0.15, 0.2) is 6.10 Å². The van der Waals surface area contributed by atoms with E-state index in [1.165, 1.54) is 44.9 Å². The molecule has 0 aliphatic heterocycles. The van der Waals surface area contributed by atoms with Gasteiger partial charge in [-0.2, -0.15) is 0 Å². The fraction of sp³-hybridized carbons (Fsp3) is 0.667. The molecule has 0 saturated carbocycles. The fourth-order valence-corrected chi connectivity index (χ4v) is 6.24. The summed E-state index contributed by atoms with van der Waals surface area (Å²) in [6.45, 7) is 3.65. The number of carbonyl (C=O) groups is 2. The minimum absolute atomic E-state index is 0.228. The van der Waals surface area contributed by atoms with Crippen molar-refractivity contribution < 1.29 is 37.6 Å². The number of unbranched alkanes of at least 4 members (excludes halogenated alkanes) is 15. The maximum absolute atomic E-state index is 12.5. The molecule has 0 aromatic heterocycles. The molecule has 0 fully saturated rings. The van der Waals surface area contributed by atoms with Gasteiger partial charge in [0.1, 0.15) is 6.61 Å². The molecule has 57 heavy (non-hydrogen) atoms. The Morgan fingerprint density at radius 1 is 0.491 bits per heavy atom. The lowest BCUT2D eigenvalue weighted by Crippen LogP contribution is -2.29. The average molecular weight is 817 g/mol. The molecule has 1 N–H and O–H groups in total. The summed E-state index contributed by atoms with van der Waals surface area (Å²) < 4.78 is 32.0. The predicted octanol–water partition coefficient (Wildman–Crippen LogP) is 14.3. The third-order valence-electron chi connectivity index (χ3n) is 9.13. The highest BCUT2D eigenvalue weighted by atomic mass is 31.2. The van der Waals surface area contributed by atoms with Crippen LogP contribution < -0.4 is 0 Å². The van der Waals surface area contributed by atoms with Crippen molar-refractivity contribution >= 4 is 19.8 Å². The van der Waals surface area contributed by atoms with Gasteiger partial charge in [0.2, 0.25) is 0 Å². The van der Waals surface area contributed by atoms with Crippen molar-refractivity contribution in [1.82, 2.24) is 0 Å². The normalized spacial score (nSPS) is 14.1. The van der Waals surface area contributed by atoms with E-state index in [0.29, 0.717) is 6.42 Å². The summed E-state index contributed by atoms with van der Waals surface area (Å²) >= 11 is 0. The minimum Gasteiger partial charge on any atom is -0.462 e. The molecule has 0 saturated heterocycles. The Labute approximate surface area is 348 Å². The molecule has 326 valence electrons. The molecule has 0 radical (unpaired) electrons. The Bertz CT molecular complexity index is 1200. The van der Waals surface area contributed by atoms with Crippen LogP contribution in [0, 0.1) is 0 Å². The van der Waals surface area contributed by atoms with Crippen molar-refractivity contribution in [2.24, 2.45) is 0 Å². The Morgan fingerprint density at radius 2 is 0.842 bits per heavy atom. The number of hydrogen-bond donors (Lipinski definition) is 1. The highest BCUT2D eigenvalue weighted by molar-refractivity contribution is 7.47. The SMILES string of the molecule is CC/C=C\C/C=C\C/C=C\C/C=C\CCCCCCCCCCC(=O)OC(COC(=O)CCCCCCCCC/C=C\C/C=C\C/C=C\CC)COP(=O)(O)OC. The molecule has 8 nitrogen and oxygen atoms in total. The van der Waals surface area contributed by atoms with Gasteiger partial charge in [-0.15, -0.1) is 0 Å². The first kappa shape index (κ1) is 54.2. The minimum atomic E-state index is -4.27. The number of carbonyl (C=O) groups excluding carboxylic acids is 2. The van der Waals surface area contributed by atoms with E-state index in [-0.39, 0.29) is 25.4 Å². The monoisotopic (exact) mass is 817 g/mol. The number of esters is 2. The Kier molecular flexibility index (Phi) is 40.7. The summed E-state index contributed by atoms with van der Waals surface area (Å²) in [6.07, 6.45) is 56.3. The van der Waals surface area contributed by atoms with E-state index in [1.807, 2.05) is 0 Å². The van der Waals surface area contributed by atoms with Crippen LogP contribution in [-0.4, -0.2) is 43.3 Å². The molecule has 0 aromatic carbocycles. The lowest BCUT2D eigenvalue weighted by molar-refractivity contribution is -0.161. The molecule has 0 aliphatic carbocycles. The molecular formula is C48H81O8P. The van der Waals surface area contributed by atoms with Gasteiger partial charge in [0, 0.05) is 20.0 Å². The van der Waals surface area contributed by atoms with Gasteiger partial charge >= 0.3 is 19.8 Å². The van der Waals surface area contributed by atoms with Gasteiger partial charge in [-0.1, -0.05) is 170 Å². The van der Waals surface area contributed by atoms with Gasteiger partial charge in [0.25, 0.3) is 0 Å². The van der Waals surface area contributed by atoms with E-state index in [1.54, 1.807) is 0 Å². The molecule has 0 aliphatic rings. The Hall–Kier alpha value is -2.77. The van der Waals surface area contributed by atoms with E-state index >= 15 is 0 Å². The second-order valence-electron chi connectivity index (χ2n) is 14.4. The van der Waals surface area contributed by atoms with E-state index in [4.69, 9.17) is 14.0 Å². The van der Waals surface area contributed by atoms with Gasteiger partial charge in [-0.3, -0.25) is 18.6 Å². The van der Waals surface area contributed by atoms with E-state index in [0.717, 1.165) is 110 Å². The Morgan fingerprint density at radius 3 is 1.25 bits per heavy atom. The van der Waals surface area contributed by atoms with Crippen molar-refractivity contribution in [2.45, 2.75) is 187 Å². The molecule has 2 atom stereocenters. The molecule has 2 unspecified atom stereocenters. The average Bonchev–Trinajstić information content (AvgIpc) is 3.20. The summed E-state index contributed by atoms with van der Waals surface area (Å²) in [4.78, 5) is 34.5. The highest BCUT2D eigenvalue weighted by Crippen LogP contribution is 2.42. The maximum atomic E-state index is 12.5. The van der Waals surface area contributed by atoms with Gasteiger partial charge < -0.3 is 14.4 Å². The van der Waals surface area contributed by atoms with Gasteiger partial charge in [0.05, 0.1) is 6.61 Å². The zero-order chi connectivity index (χ0) is 41.8. The second-order valence-corrected chi connectivity index (χ2v) is 16.0. The van der Waals surface area contributed by atoms with Crippen LogP contribution in [0.4, 0.5) is 0 Å². The summed E-state index contributed by atoms with van der Waals surface area (Å²) in [5.41, 5.74) is 0. The molecule has 0 spiro atoms. The van der Waals surface area contributed by atoms with Crippen LogP contribution >= 0.6 is 7.82 Å². The van der Waals surface area contributed by atoms with E-state index in [9.17, 15) is 19.0 Å². The summed E-state index contributed by atoms with van der Waals surface area (Å²) in [5.74, 6) is -0.830. The number of ether oxygens (including phenoxy) is 2. The van der Waals surface area contributed by atoms with Gasteiger partial charge in [-0.05, 0) is 83.5 Å². The predicted molar refractivity (Wildman–Crippen MR) is 239 cm³/mol. The first-order chi connectivity index (χ1) is 27.8. The number of phosphoric acid groups is 1. The second kappa shape index (κ2) is 42.8. The fourth-order valence-electron chi connectivity index (χ4n) is 5.78. The van der Waals surface area contributed by atoms with Crippen LogP contribution in [0.15, 0.2) is 85.1 Å². The first-order valence-corrected chi connectivity index (χ1v) is 23.8. The van der Waals surface area contributed by atoms with Crippen molar-refractivity contribution in [3.05, 3.63) is 85.1 Å². The van der Waals surface area contributed by atoms with Crippen LogP contribution in [0.25, 0.3) is 0 Å². The summed E-state index contributed by atoms with van der Waals surface area (Å²) in [5, 5.41) is 0. The Balaban J connectivity index is 4.02. The topological polar surface area (TPSA) is 108 Å². The summed E-state index contributed by atoms with van der Waals surface area (Å²) in [7, 11) is -3.22. The molecule has 0 aromatic rings.